The van der Waals surface area contributed by atoms with Crippen LogP contribution in [-0.4, -0.2) is 28.8 Å². The molecule has 0 spiro atoms. The van der Waals surface area contributed by atoms with Gasteiger partial charge in [-0.25, -0.2) is 0 Å². The summed E-state index contributed by atoms with van der Waals surface area (Å²) in [5, 5.41) is 11.6. The number of carbonyl (C=O) groups is 3. The Bertz CT molecular complexity index is 576. The monoisotopic (exact) mass is 317 g/mol. The minimum Gasteiger partial charge on any atom is -0.481 e. The Balaban J connectivity index is 1.93. The van der Waals surface area contributed by atoms with Crippen LogP contribution in [0.1, 0.15) is 72.1 Å². The molecule has 5 heteroatoms. The highest BCUT2D eigenvalue weighted by Crippen LogP contribution is 2.18. The summed E-state index contributed by atoms with van der Waals surface area (Å²) in [5.74, 6) is -1.17. The van der Waals surface area contributed by atoms with Crippen LogP contribution in [0.25, 0.3) is 0 Å². The van der Waals surface area contributed by atoms with Crippen molar-refractivity contribution in [3.05, 3.63) is 35.4 Å². The average molecular weight is 317 g/mol. The quantitative estimate of drug-likeness (QED) is 0.757. The second kappa shape index (κ2) is 8.46. The number of aliphatic carboxylic acids is 1. The maximum absolute atomic E-state index is 12.3. The maximum atomic E-state index is 12.3. The van der Waals surface area contributed by atoms with E-state index in [0.29, 0.717) is 17.5 Å². The van der Waals surface area contributed by atoms with E-state index in [-0.39, 0.29) is 30.6 Å². The number of ketones is 1. The highest BCUT2D eigenvalue weighted by atomic mass is 16.4. The molecule has 0 aliphatic heterocycles. The van der Waals surface area contributed by atoms with Crippen LogP contribution >= 0.6 is 0 Å². The van der Waals surface area contributed by atoms with E-state index in [1.165, 1.54) is 6.42 Å². The van der Waals surface area contributed by atoms with E-state index >= 15 is 0 Å². The zero-order chi connectivity index (χ0) is 16.7. The van der Waals surface area contributed by atoms with Crippen LogP contribution < -0.4 is 5.32 Å². The van der Waals surface area contributed by atoms with Gasteiger partial charge in [-0.05, 0) is 31.4 Å². The molecule has 2 N–H and O–H groups in total. The molecule has 0 bridgehead atoms. The largest absolute Gasteiger partial charge is 0.481 e. The number of nitrogens with one attached hydrogen (secondary N) is 1. The molecule has 0 saturated heterocycles. The van der Waals surface area contributed by atoms with Crippen LogP contribution in [0.2, 0.25) is 0 Å². The van der Waals surface area contributed by atoms with Gasteiger partial charge < -0.3 is 10.4 Å². The molecule has 1 aromatic rings. The first-order valence-corrected chi connectivity index (χ1v) is 8.22. The standard InChI is InChI=1S/C18H23NO4/c20-16(10-5-11-17(21)22)13-6-4-7-14(12-13)18(23)19-15-8-2-1-3-9-15/h4,6-7,12,15H,1-3,5,8-11H2,(H,19,23)(H,21,22). The molecule has 0 unspecified atom stereocenters. The minimum atomic E-state index is -0.904. The number of benzene rings is 1. The summed E-state index contributed by atoms with van der Waals surface area (Å²) < 4.78 is 0. The first-order chi connectivity index (χ1) is 11.1. The van der Waals surface area contributed by atoms with Gasteiger partial charge in [-0.15, -0.1) is 0 Å². The molecule has 23 heavy (non-hydrogen) atoms. The van der Waals surface area contributed by atoms with Crippen molar-refractivity contribution in [1.29, 1.82) is 0 Å². The number of carbonyl (C=O) groups excluding carboxylic acids is 2. The van der Waals surface area contributed by atoms with E-state index in [4.69, 9.17) is 5.11 Å². The summed E-state index contributed by atoms with van der Waals surface area (Å²) >= 11 is 0. The van der Waals surface area contributed by atoms with E-state index in [1.54, 1.807) is 24.3 Å². The number of carboxylic acids is 1. The van der Waals surface area contributed by atoms with Gasteiger partial charge in [0, 0.05) is 30.0 Å². The number of hydrogen-bond acceptors (Lipinski definition) is 3. The van der Waals surface area contributed by atoms with E-state index in [1.807, 2.05) is 0 Å². The normalized spacial score (nSPS) is 15.1. The molecule has 1 amide bonds. The van der Waals surface area contributed by atoms with Gasteiger partial charge in [0.25, 0.3) is 5.91 Å². The Morgan fingerprint density at radius 2 is 1.74 bits per heavy atom. The molecule has 5 nitrogen and oxygen atoms in total. The fourth-order valence-electron chi connectivity index (χ4n) is 2.89. The molecule has 1 aliphatic rings. The van der Waals surface area contributed by atoms with Gasteiger partial charge in [-0.2, -0.15) is 0 Å². The van der Waals surface area contributed by atoms with Gasteiger partial charge in [-0.3, -0.25) is 14.4 Å². The lowest BCUT2D eigenvalue weighted by Gasteiger charge is -2.22. The van der Waals surface area contributed by atoms with Crippen molar-refractivity contribution in [3.63, 3.8) is 0 Å². The molecule has 1 aromatic carbocycles. The molecule has 0 radical (unpaired) electrons. The lowest BCUT2D eigenvalue weighted by atomic mass is 9.95. The Morgan fingerprint density at radius 1 is 1.04 bits per heavy atom. The maximum Gasteiger partial charge on any atom is 0.303 e. The van der Waals surface area contributed by atoms with Crippen molar-refractivity contribution >= 4 is 17.7 Å². The van der Waals surface area contributed by atoms with Gasteiger partial charge in [0.2, 0.25) is 0 Å². The second-order valence-electron chi connectivity index (χ2n) is 6.06. The SMILES string of the molecule is O=C(O)CCCC(=O)c1cccc(C(=O)NC2CCCCC2)c1. The highest BCUT2D eigenvalue weighted by Gasteiger charge is 2.17. The molecule has 1 saturated carbocycles. The fraction of sp³-hybridized carbons (Fsp3) is 0.500. The highest BCUT2D eigenvalue weighted by molar-refractivity contribution is 6.00. The molecule has 0 heterocycles. The lowest BCUT2D eigenvalue weighted by molar-refractivity contribution is -0.137. The third kappa shape index (κ3) is 5.51. The summed E-state index contributed by atoms with van der Waals surface area (Å²) in [4.78, 5) is 34.8. The van der Waals surface area contributed by atoms with Crippen LogP contribution in [0.3, 0.4) is 0 Å². The molecular weight excluding hydrogens is 294 g/mol. The minimum absolute atomic E-state index is 0.0202. The van der Waals surface area contributed by atoms with Crippen molar-refractivity contribution in [2.75, 3.05) is 0 Å². The number of rotatable bonds is 7. The van der Waals surface area contributed by atoms with Crippen LogP contribution in [0.15, 0.2) is 24.3 Å². The third-order valence-electron chi connectivity index (χ3n) is 4.18. The van der Waals surface area contributed by atoms with E-state index < -0.39 is 5.97 Å². The second-order valence-corrected chi connectivity index (χ2v) is 6.06. The smallest absolute Gasteiger partial charge is 0.303 e. The summed E-state index contributed by atoms with van der Waals surface area (Å²) in [7, 11) is 0. The molecule has 1 aliphatic carbocycles. The van der Waals surface area contributed by atoms with E-state index in [0.717, 1.165) is 25.7 Å². The average Bonchev–Trinajstić information content (AvgIpc) is 2.55. The van der Waals surface area contributed by atoms with E-state index in [2.05, 4.69) is 5.32 Å². The molecule has 0 aromatic heterocycles. The molecule has 2 rings (SSSR count). The summed E-state index contributed by atoms with van der Waals surface area (Å²) in [6.07, 6.45) is 6.02. The third-order valence-corrected chi connectivity index (χ3v) is 4.18. The van der Waals surface area contributed by atoms with Gasteiger partial charge in [-0.1, -0.05) is 31.4 Å². The van der Waals surface area contributed by atoms with Gasteiger partial charge in [0.1, 0.15) is 0 Å². The van der Waals surface area contributed by atoms with Crippen LogP contribution in [0.4, 0.5) is 0 Å². The molecule has 1 fully saturated rings. The van der Waals surface area contributed by atoms with Crippen molar-refractivity contribution < 1.29 is 19.5 Å². The zero-order valence-corrected chi connectivity index (χ0v) is 13.2. The Hall–Kier alpha value is -2.17. The zero-order valence-electron chi connectivity index (χ0n) is 13.2. The molecular formula is C18H23NO4. The van der Waals surface area contributed by atoms with Crippen LogP contribution in [0, 0.1) is 0 Å². The summed E-state index contributed by atoms with van der Waals surface area (Å²) in [6, 6.07) is 6.89. The van der Waals surface area contributed by atoms with Crippen molar-refractivity contribution in [1.82, 2.24) is 5.32 Å². The predicted molar refractivity (Wildman–Crippen MR) is 86.6 cm³/mol. The van der Waals surface area contributed by atoms with Gasteiger partial charge in [0.05, 0.1) is 0 Å². The van der Waals surface area contributed by atoms with Crippen molar-refractivity contribution in [2.45, 2.75) is 57.4 Å². The topological polar surface area (TPSA) is 83.5 Å². The first-order valence-electron chi connectivity index (χ1n) is 8.22. The van der Waals surface area contributed by atoms with Crippen molar-refractivity contribution in [2.24, 2.45) is 0 Å². The number of Topliss-reactive ketones (excluding diaryl/α,β-unsaturated/α-hetero) is 1. The van der Waals surface area contributed by atoms with Crippen LogP contribution in [0.5, 0.6) is 0 Å². The fourth-order valence-corrected chi connectivity index (χ4v) is 2.89. The summed E-state index contributed by atoms with van der Waals surface area (Å²) in [5.41, 5.74) is 0.950. The molecule has 124 valence electrons. The lowest BCUT2D eigenvalue weighted by Crippen LogP contribution is -2.36. The van der Waals surface area contributed by atoms with Gasteiger partial charge in [0.15, 0.2) is 5.78 Å². The Morgan fingerprint density at radius 3 is 2.43 bits per heavy atom. The summed E-state index contributed by atoms with van der Waals surface area (Å²) in [6.45, 7) is 0. The Labute approximate surface area is 136 Å². The van der Waals surface area contributed by atoms with Crippen LogP contribution in [-0.2, 0) is 4.79 Å². The first kappa shape index (κ1) is 17.2. The predicted octanol–water partition coefficient (Wildman–Crippen LogP) is 3.19. The number of amides is 1. The van der Waals surface area contributed by atoms with E-state index in [9.17, 15) is 14.4 Å². The molecule has 0 atom stereocenters. The number of carboxylic acid groups (broad SMARTS) is 1. The van der Waals surface area contributed by atoms with Gasteiger partial charge >= 0.3 is 5.97 Å². The Kier molecular flexibility index (Phi) is 6.32. The van der Waals surface area contributed by atoms with Crippen molar-refractivity contribution in [3.8, 4) is 0 Å². The number of hydrogen-bond donors (Lipinski definition) is 2.